The minimum absolute atomic E-state index is 0.0825. The van der Waals surface area contributed by atoms with Gasteiger partial charge in [0.05, 0.1) is 25.3 Å². The van der Waals surface area contributed by atoms with E-state index < -0.39 is 0 Å². The number of benzene rings is 1. The Balaban J connectivity index is 2.04. The molecule has 0 radical (unpaired) electrons. The third kappa shape index (κ3) is 3.14. The Labute approximate surface area is 114 Å². The summed E-state index contributed by atoms with van der Waals surface area (Å²) in [4.78, 5) is 14.4. The molecular weight excluding hydrogens is 242 g/mol. The quantitative estimate of drug-likeness (QED) is 0.762. The van der Waals surface area contributed by atoms with Gasteiger partial charge in [0.1, 0.15) is 5.75 Å². The standard InChI is InChI=1S/C15H21NO3/c1-11-13(8-9-19-11)16(2)10-14(17)12-6-4-5-7-15(12)18-3/h4-7,11,13H,8-10H2,1-3H3. The zero-order valence-electron chi connectivity index (χ0n) is 11.8. The molecule has 0 aromatic heterocycles. The smallest absolute Gasteiger partial charge is 0.180 e. The van der Waals surface area contributed by atoms with Gasteiger partial charge in [-0.25, -0.2) is 0 Å². The summed E-state index contributed by atoms with van der Waals surface area (Å²) < 4.78 is 10.8. The zero-order valence-corrected chi connectivity index (χ0v) is 11.8. The fourth-order valence-corrected chi connectivity index (χ4v) is 2.60. The Kier molecular flexibility index (Phi) is 4.56. The van der Waals surface area contributed by atoms with Gasteiger partial charge in [0.2, 0.25) is 0 Å². The molecule has 4 heteroatoms. The monoisotopic (exact) mass is 263 g/mol. The van der Waals surface area contributed by atoms with Crippen molar-refractivity contribution in [1.82, 2.24) is 4.90 Å². The lowest BCUT2D eigenvalue weighted by Crippen LogP contribution is -2.39. The average molecular weight is 263 g/mol. The lowest BCUT2D eigenvalue weighted by atomic mass is 10.1. The zero-order chi connectivity index (χ0) is 13.8. The molecule has 0 N–H and O–H groups in total. The molecule has 0 bridgehead atoms. The molecule has 104 valence electrons. The molecule has 2 rings (SSSR count). The number of nitrogens with zero attached hydrogens (tertiary/aromatic N) is 1. The van der Waals surface area contributed by atoms with Gasteiger partial charge in [0.25, 0.3) is 0 Å². The van der Waals surface area contributed by atoms with Crippen LogP contribution in [0.15, 0.2) is 24.3 Å². The third-order valence-corrected chi connectivity index (χ3v) is 3.70. The highest BCUT2D eigenvalue weighted by Gasteiger charge is 2.29. The number of Topliss-reactive ketones (excluding diaryl/α,β-unsaturated/α-hetero) is 1. The van der Waals surface area contributed by atoms with Crippen molar-refractivity contribution in [2.75, 3.05) is 27.3 Å². The van der Waals surface area contributed by atoms with Crippen molar-refractivity contribution in [3.05, 3.63) is 29.8 Å². The Morgan fingerprint density at radius 1 is 1.47 bits per heavy atom. The number of rotatable bonds is 5. The predicted octanol–water partition coefficient (Wildman–Crippen LogP) is 1.99. The molecule has 1 aliphatic heterocycles. The van der Waals surface area contributed by atoms with E-state index in [1.807, 2.05) is 31.3 Å². The number of para-hydroxylation sites is 1. The summed E-state index contributed by atoms with van der Waals surface area (Å²) in [6.07, 6.45) is 1.17. The van der Waals surface area contributed by atoms with Crippen LogP contribution in [-0.2, 0) is 4.74 Å². The first-order chi connectivity index (χ1) is 9.13. The van der Waals surface area contributed by atoms with E-state index in [1.165, 1.54) is 0 Å². The van der Waals surface area contributed by atoms with Gasteiger partial charge in [-0.1, -0.05) is 12.1 Å². The van der Waals surface area contributed by atoms with Crippen LogP contribution in [-0.4, -0.2) is 50.1 Å². The molecule has 2 unspecified atom stereocenters. The summed E-state index contributed by atoms with van der Waals surface area (Å²) in [5, 5.41) is 0. The second-order valence-electron chi connectivity index (χ2n) is 4.97. The van der Waals surface area contributed by atoms with Gasteiger partial charge in [-0.05, 0) is 32.5 Å². The van der Waals surface area contributed by atoms with Crippen molar-refractivity contribution < 1.29 is 14.3 Å². The van der Waals surface area contributed by atoms with Crippen LogP contribution in [0.4, 0.5) is 0 Å². The molecule has 0 spiro atoms. The summed E-state index contributed by atoms with van der Waals surface area (Å²) in [6.45, 7) is 3.22. The van der Waals surface area contributed by atoms with Crippen molar-refractivity contribution in [3.63, 3.8) is 0 Å². The van der Waals surface area contributed by atoms with Crippen LogP contribution in [0.1, 0.15) is 23.7 Å². The molecule has 0 saturated carbocycles. The van der Waals surface area contributed by atoms with Gasteiger partial charge in [-0.2, -0.15) is 0 Å². The van der Waals surface area contributed by atoms with Gasteiger partial charge < -0.3 is 9.47 Å². The minimum atomic E-state index is 0.0825. The first kappa shape index (κ1) is 14.0. The number of likely N-dealkylation sites (N-methyl/N-ethyl adjacent to an activating group) is 1. The molecule has 2 atom stereocenters. The summed E-state index contributed by atoms with van der Waals surface area (Å²) in [5.41, 5.74) is 0.642. The van der Waals surface area contributed by atoms with Crippen molar-refractivity contribution in [2.45, 2.75) is 25.5 Å². The van der Waals surface area contributed by atoms with Crippen LogP contribution in [0.2, 0.25) is 0 Å². The maximum Gasteiger partial charge on any atom is 0.180 e. The highest BCUT2D eigenvalue weighted by atomic mass is 16.5. The SMILES string of the molecule is COc1ccccc1C(=O)CN(C)C1CCOC1C. The van der Waals surface area contributed by atoms with Crippen molar-refractivity contribution in [3.8, 4) is 5.75 Å². The highest BCUT2D eigenvalue weighted by Crippen LogP contribution is 2.21. The number of ether oxygens (including phenoxy) is 2. The molecule has 0 aliphatic carbocycles. The second kappa shape index (κ2) is 6.17. The maximum absolute atomic E-state index is 12.3. The van der Waals surface area contributed by atoms with Gasteiger partial charge >= 0.3 is 0 Å². The molecular formula is C15H21NO3. The van der Waals surface area contributed by atoms with Crippen molar-refractivity contribution in [2.24, 2.45) is 0 Å². The molecule has 1 fully saturated rings. The van der Waals surface area contributed by atoms with E-state index in [1.54, 1.807) is 7.11 Å². The van der Waals surface area contributed by atoms with Gasteiger partial charge in [0, 0.05) is 12.6 Å². The number of carbonyl (C=O) groups is 1. The van der Waals surface area contributed by atoms with Crippen LogP contribution in [0.3, 0.4) is 0 Å². The average Bonchev–Trinajstić information content (AvgIpc) is 2.85. The molecule has 0 amide bonds. The molecule has 1 heterocycles. The fourth-order valence-electron chi connectivity index (χ4n) is 2.60. The normalized spacial score (nSPS) is 22.7. The van der Waals surface area contributed by atoms with Crippen LogP contribution in [0, 0.1) is 0 Å². The van der Waals surface area contributed by atoms with E-state index in [9.17, 15) is 4.79 Å². The van der Waals surface area contributed by atoms with Gasteiger partial charge in [0.15, 0.2) is 5.78 Å². The molecule has 1 aromatic rings. The number of hydrogen-bond donors (Lipinski definition) is 0. The third-order valence-electron chi connectivity index (χ3n) is 3.70. The van der Waals surface area contributed by atoms with Gasteiger partial charge in [-0.3, -0.25) is 9.69 Å². The van der Waals surface area contributed by atoms with Crippen molar-refractivity contribution >= 4 is 5.78 Å². The topological polar surface area (TPSA) is 38.8 Å². The Morgan fingerprint density at radius 2 is 2.21 bits per heavy atom. The van der Waals surface area contributed by atoms with E-state index in [4.69, 9.17) is 9.47 Å². The maximum atomic E-state index is 12.3. The molecule has 1 aliphatic rings. The van der Waals surface area contributed by atoms with E-state index in [0.717, 1.165) is 13.0 Å². The summed E-state index contributed by atoms with van der Waals surface area (Å²) in [7, 11) is 3.56. The van der Waals surface area contributed by atoms with Crippen LogP contribution in [0.5, 0.6) is 5.75 Å². The van der Waals surface area contributed by atoms with Crippen LogP contribution >= 0.6 is 0 Å². The highest BCUT2D eigenvalue weighted by molar-refractivity contribution is 6.00. The van der Waals surface area contributed by atoms with Crippen LogP contribution in [0.25, 0.3) is 0 Å². The van der Waals surface area contributed by atoms with E-state index in [0.29, 0.717) is 23.9 Å². The number of methoxy groups -OCH3 is 1. The largest absolute Gasteiger partial charge is 0.496 e. The first-order valence-corrected chi connectivity index (χ1v) is 6.61. The summed E-state index contributed by atoms with van der Waals surface area (Å²) in [5.74, 6) is 0.718. The molecule has 19 heavy (non-hydrogen) atoms. The Hall–Kier alpha value is -1.39. The first-order valence-electron chi connectivity index (χ1n) is 6.61. The Morgan fingerprint density at radius 3 is 2.84 bits per heavy atom. The molecule has 1 aromatic carbocycles. The summed E-state index contributed by atoms with van der Waals surface area (Å²) in [6, 6.07) is 7.67. The van der Waals surface area contributed by atoms with E-state index in [-0.39, 0.29) is 11.9 Å². The van der Waals surface area contributed by atoms with E-state index >= 15 is 0 Å². The molecule has 1 saturated heterocycles. The van der Waals surface area contributed by atoms with Crippen LogP contribution < -0.4 is 4.74 Å². The minimum Gasteiger partial charge on any atom is -0.496 e. The summed E-state index contributed by atoms with van der Waals surface area (Å²) >= 11 is 0. The lowest BCUT2D eigenvalue weighted by molar-refractivity contribution is 0.0744. The second-order valence-corrected chi connectivity index (χ2v) is 4.97. The number of ketones is 1. The predicted molar refractivity (Wildman–Crippen MR) is 73.8 cm³/mol. The lowest BCUT2D eigenvalue weighted by Gasteiger charge is -2.26. The van der Waals surface area contributed by atoms with Gasteiger partial charge in [-0.15, -0.1) is 0 Å². The molecule has 4 nitrogen and oxygen atoms in total. The van der Waals surface area contributed by atoms with Crippen molar-refractivity contribution in [1.29, 1.82) is 0 Å². The fraction of sp³-hybridized carbons (Fsp3) is 0.533. The van der Waals surface area contributed by atoms with E-state index in [2.05, 4.69) is 11.8 Å². The number of carbonyl (C=O) groups excluding carboxylic acids is 1. The Bertz CT molecular complexity index is 447. The number of hydrogen-bond acceptors (Lipinski definition) is 4.